The first-order valence-corrected chi connectivity index (χ1v) is 5.33. The number of benzene rings is 1. The van der Waals surface area contributed by atoms with Crippen LogP contribution >= 0.6 is 0 Å². The molecular weight excluding hydrogens is 240 g/mol. The molecule has 0 spiro atoms. The fourth-order valence-electron chi connectivity index (χ4n) is 1.56. The number of ether oxygens (including phenoxy) is 2. The number of methoxy groups -OCH3 is 1. The maximum Gasteiger partial charge on any atom is 0.310 e. The van der Waals surface area contributed by atoms with Gasteiger partial charge in [-0.1, -0.05) is 0 Å². The van der Waals surface area contributed by atoms with Gasteiger partial charge in [-0.3, -0.25) is 14.9 Å². The highest BCUT2D eigenvalue weighted by molar-refractivity contribution is 5.95. The maximum absolute atomic E-state index is 11.8. The zero-order valence-corrected chi connectivity index (χ0v) is 9.71. The molecular formula is C11H12N2O5. The van der Waals surface area contributed by atoms with Gasteiger partial charge in [0.2, 0.25) is 0 Å². The molecule has 0 atom stereocenters. The molecule has 1 aromatic rings. The molecule has 0 unspecified atom stereocenters. The summed E-state index contributed by atoms with van der Waals surface area (Å²) in [4.78, 5) is 22.0. The normalized spacial score (nSPS) is 14.7. The monoisotopic (exact) mass is 252 g/mol. The van der Waals surface area contributed by atoms with Crippen LogP contribution < -0.4 is 10.1 Å². The van der Waals surface area contributed by atoms with Crippen LogP contribution in [0.25, 0.3) is 0 Å². The van der Waals surface area contributed by atoms with Crippen molar-refractivity contribution in [2.45, 2.75) is 6.04 Å². The lowest BCUT2D eigenvalue weighted by Crippen LogP contribution is -2.48. The van der Waals surface area contributed by atoms with E-state index in [1.165, 1.54) is 25.3 Å². The number of carbonyl (C=O) groups is 1. The van der Waals surface area contributed by atoms with Crippen LogP contribution in [-0.4, -0.2) is 37.2 Å². The fourth-order valence-corrected chi connectivity index (χ4v) is 1.56. The Hall–Kier alpha value is -2.15. The van der Waals surface area contributed by atoms with Crippen molar-refractivity contribution < 1.29 is 19.2 Å². The number of hydrogen-bond acceptors (Lipinski definition) is 5. The average Bonchev–Trinajstić information content (AvgIpc) is 2.32. The lowest BCUT2D eigenvalue weighted by atomic mass is 10.1. The predicted molar refractivity (Wildman–Crippen MR) is 61.7 cm³/mol. The van der Waals surface area contributed by atoms with E-state index in [4.69, 9.17) is 9.47 Å². The van der Waals surface area contributed by atoms with Crippen molar-refractivity contribution in [2.24, 2.45) is 0 Å². The van der Waals surface area contributed by atoms with Gasteiger partial charge in [-0.2, -0.15) is 0 Å². The second kappa shape index (κ2) is 5.01. The molecule has 1 aliphatic heterocycles. The summed E-state index contributed by atoms with van der Waals surface area (Å²) in [7, 11) is 1.32. The minimum atomic E-state index is -0.555. The lowest BCUT2D eigenvalue weighted by molar-refractivity contribution is -0.385. The Morgan fingerprint density at radius 2 is 2.28 bits per heavy atom. The molecule has 0 bridgehead atoms. The van der Waals surface area contributed by atoms with E-state index in [9.17, 15) is 14.9 Å². The maximum atomic E-state index is 11.8. The van der Waals surface area contributed by atoms with E-state index in [2.05, 4.69) is 5.32 Å². The summed E-state index contributed by atoms with van der Waals surface area (Å²) < 4.78 is 9.83. The molecule has 1 aromatic carbocycles. The first-order chi connectivity index (χ1) is 8.61. The SMILES string of the molecule is COc1cc(C(=O)NC2COC2)ccc1[N+](=O)[O-]. The van der Waals surface area contributed by atoms with Crippen molar-refractivity contribution in [1.82, 2.24) is 5.32 Å². The first-order valence-electron chi connectivity index (χ1n) is 5.33. The minimum Gasteiger partial charge on any atom is -0.490 e. The van der Waals surface area contributed by atoms with Crippen LogP contribution in [-0.2, 0) is 4.74 Å². The largest absolute Gasteiger partial charge is 0.490 e. The van der Waals surface area contributed by atoms with Gasteiger partial charge in [0.05, 0.1) is 31.3 Å². The zero-order chi connectivity index (χ0) is 13.1. The van der Waals surface area contributed by atoms with Crippen molar-refractivity contribution in [3.8, 4) is 5.75 Å². The Kier molecular flexibility index (Phi) is 3.42. The van der Waals surface area contributed by atoms with Crippen LogP contribution in [0, 0.1) is 10.1 Å². The number of nitro benzene ring substituents is 1. The van der Waals surface area contributed by atoms with Crippen molar-refractivity contribution >= 4 is 11.6 Å². The number of nitrogens with one attached hydrogen (secondary N) is 1. The van der Waals surface area contributed by atoms with Gasteiger partial charge in [0.15, 0.2) is 5.75 Å². The van der Waals surface area contributed by atoms with Crippen LogP contribution in [0.2, 0.25) is 0 Å². The second-order valence-corrected chi connectivity index (χ2v) is 3.85. The van der Waals surface area contributed by atoms with Gasteiger partial charge in [-0.05, 0) is 6.07 Å². The highest BCUT2D eigenvalue weighted by Gasteiger charge is 2.22. The van der Waals surface area contributed by atoms with Gasteiger partial charge >= 0.3 is 5.69 Å². The van der Waals surface area contributed by atoms with Gasteiger partial charge in [0.25, 0.3) is 5.91 Å². The third-order valence-corrected chi connectivity index (χ3v) is 2.61. The third kappa shape index (κ3) is 2.40. The topological polar surface area (TPSA) is 90.7 Å². The van der Waals surface area contributed by atoms with E-state index in [0.717, 1.165) is 0 Å². The molecule has 1 fully saturated rings. The van der Waals surface area contributed by atoms with Crippen molar-refractivity contribution in [1.29, 1.82) is 0 Å². The molecule has 1 amide bonds. The number of nitrogens with zero attached hydrogens (tertiary/aromatic N) is 1. The van der Waals surface area contributed by atoms with Gasteiger partial charge in [0.1, 0.15) is 0 Å². The predicted octanol–water partition coefficient (Wildman–Crippen LogP) is 0.732. The van der Waals surface area contributed by atoms with Gasteiger partial charge in [-0.25, -0.2) is 0 Å². The number of amides is 1. The zero-order valence-electron chi connectivity index (χ0n) is 9.71. The van der Waals surface area contributed by atoms with Crippen molar-refractivity contribution in [2.75, 3.05) is 20.3 Å². The van der Waals surface area contributed by atoms with Crippen LogP contribution in [0.15, 0.2) is 18.2 Å². The third-order valence-electron chi connectivity index (χ3n) is 2.61. The number of hydrogen-bond donors (Lipinski definition) is 1. The highest BCUT2D eigenvalue weighted by Crippen LogP contribution is 2.27. The highest BCUT2D eigenvalue weighted by atomic mass is 16.6. The van der Waals surface area contributed by atoms with E-state index < -0.39 is 4.92 Å². The van der Waals surface area contributed by atoms with E-state index in [1.807, 2.05) is 0 Å². The fraction of sp³-hybridized carbons (Fsp3) is 0.364. The van der Waals surface area contributed by atoms with Crippen LogP contribution in [0.1, 0.15) is 10.4 Å². The summed E-state index contributed by atoms with van der Waals surface area (Å²) in [5, 5.41) is 13.4. The molecule has 1 aliphatic rings. The second-order valence-electron chi connectivity index (χ2n) is 3.85. The molecule has 1 saturated heterocycles. The van der Waals surface area contributed by atoms with Gasteiger partial charge in [-0.15, -0.1) is 0 Å². The van der Waals surface area contributed by atoms with E-state index in [0.29, 0.717) is 18.8 Å². The standard InChI is InChI=1S/C11H12N2O5/c1-17-10-4-7(2-3-9(10)13(15)16)11(14)12-8-5-18-6-8/h2-4,8H,5-6H2,1H3,(H,12,14). The van der Waals surface area contributed by atoms with E-state index >= 15 is 0 Å². The molecule has 7 heteroatoms. The summed E-state index contributed by atoms with van der Waals surface area (Å²) in [5.41, 5.74) is 0.158. The number of carbonyl (C=O) groups excluding carboxylic acids is 1. The molecule has 18 heavy (non-hydrogen) atoms. The molecule has 0 aromatic heterocycles. The molecule has 2 rings (SSSR count). The number of rotatable bonds is 4. The average molecular weight is 252 g/mol. The van der Waals surface area contributed by atoms with Crippen molar-refractivity contribution in [3.63, 3.8) is 0 Å². The summed E-state index contributed by atoms with van der Waals surface area (Å²) in [6.07, 6.45) is 0. The Bertz CT molecular complexity index is 484. The first kappa shape index (κ1) is 12.3. The molecule has 1 N–H and O–H groups in total. The quantitative estimate of drug-likeness (QED) is 0.630. The number of nitro groups is 1. The van der Waals surface area contributed by atoms with Crippen LogP contribution in [0.3, 0.4) is 0 Å². The summed E-state index contributed by atoms with van der Waals surface area (Å²) in [6.45, 7) is 0.992. The molecule has 0 saturated carbocycles. The van der Waals surface area contributed by atoms with Gasteiger partial charge < -0.3 is 14.8 Å². The van der Waals surface area contributed by atoms with Crippen molar-refractivity contribution in [3.05, 3.63) is 33.9 Å². The minimum absolute atomic E-state index is 0.0127. The van der Waals surface area contributed by atoms with E-state index in [-0.39, 0.29) is 23.4 Å². The molecule has 0 radical (unpaired) electrons. The Balaban J connectivity index is 2.17. The summed E-state index contributed by atoms with van der Waals surface area (Å²) in [5.74, 6) is -0.228. The summed E-state index contributed by atoms with van der Waals surface area (Å²) >= 11 is 0. The smallest absolute Gasteiger partial charge is 0.310 e. The molecule has 7 nitrogen and oxygen atoms in total. The van der Waals surface area contributed by atoms with Crippen LogP contribution in [0.4, 0.5) is 5.69 Å². The Morgan fingerprint density at radius 1 is 1.56 bits per heavy atom. The molecule has 0 aliphatic carbocycles. The summed E-state index contributed by atoms with van der Waals surface area (Å²) in [6, 6.07) is 4.02. The van der Waals surface area contributed by atoms with E-state index in [1.54, 1.807) is 0 Å². The Morgan fingerprint density at radius 3 is 2.78 bits per heavy atom. The van der Waals surface area contributed by atoms with Crippen LogP contribution in [0.5, 0.6) is 5.75 Å². The molecule has 1 heterocycles. The Labute approximate surface area is 103 Å². The molecule has 96 valence electrons. The lowest BCUT2D eigenvalue weighted by Gasteiger charge is -2.26. The van der Waals surface area contributed by atoms with Gasteiger partial charge in [0, 0.05) is 17.7 Å².